The molecule has 1 aliphatic rings. The lowest BCUT2D eigenvalue weighted by Crippen LogP contribution is -2.38. The molecule has 0 atom stereocenters. The molecule has 4 heteroatoms. The zero-order valence-corrected chi connectivity index (χ0v) is 13.7. The van der Waals surface area contributed by atoms with E-state index in [1.54, 1.807) is 7.05 Å². The highest BCUT2D eigenvalue weighted by molar-refractivity contribution is 5.79. The summed E-state index contributed by atoms with van der Waals surface area (Å²) >= 11 is 0. The van der Waals surface area contributed by atoms with Crippen molar-refractivity contribution in [3.63, 3.8) is 0 Å². The summed E-state index contributed by atoms with van der Waals surface area (Å²) in [5.41, 5.74) is 1.25. The Bertz CT molecular complexity index is 425. The maximum atomic E-state index is 5.98. The Morgan fingerprint density at radius 2 is 1.82 bits per heavy atom. The van der Waals surface area contributed by atoms with Gasteiger partial charge in [-0.3, -0.25) is 4.99 Å². The lowest BCUT2D eigenvalue weighted by molar-refractivity contribution is 0.0468. The normalized spacial score (nSPS) is 17.0. The molecular formula is C18H29N3O. The van der Waals surface area contributed by atoms with Gasteiger partial charge >= 0.3 is 0 Å². The average Bonchev–Trinajstić information content (AvgIpc) is 2.84. The number of hydrogen-bond acceptors (Lipinski definition) is 2. The number of benzene rings is 1. The van der Waals surface area contributed by atoms with Gasteiger partial charge in [-0.2, -0.15) is 0 Å². The number of nitrogens with one attached hydrogen (secondary N) is 2. The van der Waals surface area contributed by atoms with Crippen LogP contribution in [0.1, 0.15) is 44.1 Å². The fourth-order valence-electron chi connectivity index (χ4n) is 2.81. The van der Waals surface area contributed by atoms with Crippen molar-refractivity contribution in [2.45, 2.75) is 51.2 Å². The highest BCUT2D eigenvalue weighted by Gasteiger charge is 2.11. The summed E-state index contributed by atoms with van der Waals surface area (Å²) in [6.07, 6.45) is 8.28. The van der Waals surface area contributed by atoms with E-state index in [0.29, 0.717) is 6.10 Å². The first-order valence-corrected chi connectivity index (χ1v) is 8.48. The van der Waals surface area contributed by atoms with Gasteiger partial charge in [0, 0.05) is 20.1 Å². The van der Waals surface area contributed by atoms with Gasteiger partial charge in [-0.1, -0.05) is 56.0 Å². The minimum atomic E-state index is 0.462. The molecule has 0 spiro atoms. The van der Waals surface area contributed by atoms with Crippen molar-refractivity contribution in [1.82, 2.24) is 10.6 Å². The summed E-state index contributed by atoms with van der Waals surface area (Å²) in [6.45, 7) is 2.33. The maximum Gasteiger partial charge on any atom is 0.191 e. The van der Waals surface area contributed by atoms with Crippen LogP contribution in [0.15, 0.2) is 35.3 Å². The summed E-state index contributed by atoms with van der Waals surface area (Å²) in [6, 6.07) is 10.3. The molecule has 0 heterocycles. The van der Waals surface area contributed by atoms with E-state index in [-0.39, 0.29) is 0 Å². The third-order valence-electron chi connectivity index (χ3n) is 4.08. The molecule has 0 aromatic heterocycles. The molecule has 1 aromatic rings. The van der Waals surface area contributed by atoms with Gasteiger partial charge in [-0.05, 0) is 18.4 Å². The van der Waals surface area contributed by atoms with Crippen molar-refractivity contribution in [2.24, 2.45) is 4.99 Å². The predicted octanol–water partition coefficient (Wildman–Crippen LogP) is 3.09. The molecular weight excluding hydrogens is 274 g/mol. The van der Waals surface area contributed by atoms with Crippen LogP contribution in [0.25, 0.3) is 0 Å². The first kappa shape index (κ1) is 16.8. The number of ether oxygens (including phenoxy) is 1. The Hall–Kier alpha value is -1.55. The third kappa shape index (κ3) is 6.48. The number of aliphatic imine (C=N–C) groups is 1. The lowest BCUT2D eigenvalue weighted by atomic mass is 10.1. The zero-order valence-electron chi connectivity index (χ0n) is 13.7. The van der Waals surface area contributed by atoms with Crippen molar-refractivity contribution in [3.8, 4) is 0 Å². The molecule has 122 valence electrons. The number of guanidine groups is 1. The van der Waals surface area contributed by atoms with Crippen molar-refractivity contribution in [3.05, 3.63) is 35.9 Å². The zero-order chi connectivity index (χ0) is 15.5. The highest BCUT2D eigenvalue weighted by Crippen LogP contribution is 2.19. The van der Waals surface area contributed by atoms with E-state index in [1.165, 1.54) is 44.1 Å². The molecule has 0 bridgehead atoms. The molecule has 0 aliphatic heterocycles. The topological polar surface area (TPSA) is 45.7 Å². The molecule has 1 saturated carbocycles. The van der Waals surface area contributed by atoms with Crippen LogP contribution in [-0.2, 0) is 11.3 Å². The standard InChI is InChI=1S/C18H29N3O/c1-19-18(21-15-16-9-5-4-6-10-16)20-13-14-22-17-11-7-2-3-8-12-17/h4-6,9-10,17H,2-3,7-8,11-15H2,1H3,(H2,19,20,21). The van der Waals surface area contributed by atoms with E-state index in [1.807, 2.05) is 18.2 Å². The molecule has 0 amide bonds. The third-order valence-corrected chi connectivity index (χ3v) is 4.08. The molecule has 22 heavy (non-hydrogen) atoms. The first-order valence-electron chi connectivity index (χ1n) is 8.48. The second-order valence-corrected chi connectivity index (χ2v) is 5.82. The van der Waals surface area contributed by atoms with Gasteiger partial charge in [0.05, 0.1) is 12.7 Å². The molecule has 0 saturated heterocycles. The fourth-order valence-corrected chi connectivity index (χ4v) is 2.81. The second kappa shape index (κ2) is 10.2. The smallest absolute Gasteiger partial charge is 0.191 e. The minimum absolute atomic E-state index is 0.462. The predicted molar refractivity (Wildman–Crippen MR) is 92.1 cm³/mol. The second-order valence-electron chi connectivity index (χ2n) is 5.82. The maximum absolute atomic E-state index is 5.98. The largest absolute Gasteiger partial charge is 0.376 e. The first-order chi connectivity index (χ1) is 10.9. The average molecular weight is 303 g/mol. The Morgan fingerprint density at radius 3 is 2.50 bits per heavy atom. The van der Waals surface area contributed by atoms with Crippen LogP contribution in [0, 0.1) is 0 Å². The van der Waals surface area contributed by atoms with Crippen molar-refractivity contribution >= 4 is 5.96 Å². The molecule has 1 aromatic carbocycles. The monoisotopic (exact) mass is 303 g/mol. The van der Waals surface area contributed by atoms with Crippen LogP contribution in [0.2, 0.25) is 0 Å². The van der Waals surface area contributed by atoms with Crippen molar-refractivity contribution in [1.29, 1.82) is 0 Å². The highest BCUT2D eigenvalue weighted by atomic mass is 16.5. The molecule has 1 fully saturated rings. The number of nitrogens with zero attached hydrogens (tertiary/aromatic N) is 1. The lowest BCUT2D eigenvalue weighted by Gasteiger charge is -2.16. The Labute approximate surface area is 134 Å². The van der Waals surface area contributed by atoms with Gasteiger partial charge < -0.3 is 15.4 Å². The van der Waals surface area contributed by atoms with Crippen LogP contribution < -0.4 is 10.6 Å². The van der Waals surface area contributed by atoms with E-state index in [4.69, 9.17) is 4.74 Å². The SMILES string of the molecule is CN=C(NCCOC1CCCCCC1)NCc1ccccc1. The summed E-state index contributed by atoms with van der Waals surface area (Å²) in [7, 11) is 1.80. The van der Waals surface area contributed by atoms with Crippen LogP contribution >= 0.6 is 0 Å². The van der Waals surface area contributed by atoms with Gasteiger partial charge in [-0.25, -0.2) is 0 Å². The Morgan fingerprint density at radius 1 is 1.09 bits per heavy atom. The van der Waals surface area contributed by atoms with Crippen LogP contribution in [0.4, 0.5) is 0 Å². The minimum Gasteiger partial charge on any atom is -0.376 e. The molecule has 0 unspecified atom stereocenters. The fraction of sp³-hybridized carbons (Fsp3) is 0.611. The van der Waals surface area contributed by atoms with Crippen LogP contribution in [0.5, 0.6) is 0 Å². The summed E-state index contributed by atoms with van der Waals surface area (Å²) in [5, 5.41) is 6.63. The molecule has 4 nitrogen and oxygen atoms in total. The van der Waals surface area contributed by atoms with Crippen molar-refractivity contribution < 1.29 is 4.74 Å². The summed E-state index contributed by atoms with van der Waals surface area (Å²) < 4.78 is 5.98. The van der Waals surface area contributed by atoms with E-state index in [2.05, 4.69) is 27.8 Å². The van der Waals surface area contributed by atoms with E-state index < -0.39 is 0 Å². The van der Waals surface area contributed by atoms with E-state index >= 15 is 0 Å². The molecule has 2 N–H and O–H groups in total. The van der Waals surface area contributed by atoms with Gasteiger partial charge in [-0.15, -0.1) is 0 Å². The van der Waals surface area contributed by atoms with E-state index in [0.717, 1.165) is 25.7 Å². The Balaban J connectivity index is 1.60. The van der Waals surface area contributed by atoms with Crippen molar-refractivity contribution in [2.75, 3.05) is 20.2 Å². The van der Waals surface area contributed by atoms with Gasteiger partial charge in [0.2, 0.25) is 0 Å². The molecule has 2 rings (SSSR count). The van der Waals surface area contributed by atoms with Crippen LogP contribution in [0.3, 0.4) is 0 Å². The van der Waals surface area contributed by atoms with Gasteiger partial charge in [0.25, 0.3) is 0 Å². The summed E-state index contributed by atoms with van der Waals surface area (Å²) in [5.74, 6) is 0.827. The Kier molecular flexibility index (Phi) is 7.81. The molecule has 0 radical (unpaired) electrons. The number of rotatable bonds is 6. The summed E-state index contributed by atoms with van der Waals surface area (Å²) in [4.78, 5) is 4.24. The van der Waals surface area contributed by atoms with Crippen LogP contribution in [-0.4, -0.2) is 32.3 Å². The van der Waals surface area contributed by atoms with E-state index in [9.17, 15) is 0 Å². The van der Waals surface area contributed by atoms with Gasteiger partial charge in [0.15, 0.2) is 5.96 Å². The van der Waals surface area contributed by atoms with Gasteiger partial charge in [0.1, 0.15) is 0 Å². The quantitative estimate of drug-likeness (QED) is 0.367. The molecule has 1 aliphatic carbocycles. The number of hydrogen-bond donors (Lipinski definition) is 2.